The highest BCUT2D eigenvalue weighted by Gasteiger charge is 2.26. The van der Waals surface area contributed by atoms with Crippen LogP contribution in [-0.2, 0) is 19.1 Å². The van der Waals surface area contributed by atoms with Crippen LogP contribution in [0.2, 0.25) is 0 Å². The zero-order chi connectivity index (χ0) is 18.4. The molecule has 0 radical (unpaired) electrons. The van der Waals surface area contributed by atoms with E-state index in [1.54, 1.807) is 12.3 Å². The minimum absolute atomic E-state index is 0.370. The number of hydrogen-bond donors (Lipinski definition) is 0. The Labute approximate surface area is 152 Å². The Morgan fingerprint density at radius 2 is 2.04 bits per heavy atom. The highest BCUT2D eigenvalue weighted by atomic mass is 31.0. The standard InChI is InChI=1S/C19H19F3N3P/c1-24-5-4-17-14(9-24)13-3-2-11(7-18(13)25(17)19(21)22)12-6-15(20)16(10-26)23-8-12/h2-3,6-8,19H,4-5,9-10,26H2,1H3. The van der Waals surface area contributed by atoms with Crippen LogP contribution in [-0.4, -0.2) is 28.0 Å². The highest BCUT2D eigenvalue weighted by molar-refractivity contribution is 7.15. The van der Waals surface area contributed by atoms with Crippen molar-refractivity contribution in [3.8, 4) is 11.1 Å². The summed E-state index contributed by atoms with van der Waals surface area (Å²) in [7, 11) is 4.43. The van der Waals surface area contributed by atoms with Gasteiger partial charge in [0.25, 0.3) is 0 Å². The van der Waals surface area contributed by atoms with Gasteiger partial charge in [-0.15, -0.1) is 9.24 Å². The van der Waals surface area contributed by atoms with Crippen LogP contribution in [0.4, 0.5) is 13.2 Å². The molecule has 1 aliphatic rings. The minimum Gasteiger partial charge on any atom is -0.302 e. The number of likely N-dealkylation sites (N-methyl/N-ethyl adjacent to an activating group) is 1. The molecule has 2 aromatic heterocycles. The molecule has 0 saturated carbocycles. The van der Waals surface area contributed by atoms with Gasteiger partial charge in [0.2, 0.25) is 0 Å². The largest absolute Gasteiger partial charge is 0.319 e. The monoisotopic (exact) mass is 377 g/mol. The number of pyridine rings is 1. The Morgan fingerprint density at radius 1 is 1.23 bits per heavy atom. The molecule has 0 fully saturated rings. The normalized spacial score (nSPS) is 15.0. The van der Waals surface area contributed by atoms with E-state index in [9.17, 15) is 13.2 Å². The molecule has 3 nitrogen and oxygen atoms in total. The molecule has 4 rings (SSSR count). The zero-order valence-electron chi connectivity index (χ0n) is 14.3. The van der Waals surface area contributed by atoms with Crippen molar-refractivity contribution in [2.24, 2.45) is 0 Å². The predicted octanol–water partition coefficient (Wildman–Crippen LogP) is 4.60. The molecule has 0 bridgehead atoms. The number of rotatable bonds is 3. The molecule has 7 heteroatoms. The molecule has 1 unspecified atom stereocenters. The van der Waals surface area contributed by atoms with Crippen LogP contribution in [0.25, 0.3) is 22.0 Å². The number of aromatic nitrogens is 2. The SMILES string of the molecule is CN1CCc2c(c3ccc(-c4cnc(CP)c(F)c4)cc3n2C(F)F)C1. The maximum atomic E-state index is 14.1. The van der Waals surface area contributed by atoms with Gasteiger partial charge in [0.05, 0.1) is 11.2 Å². The van der Waals surface area contributed by atoms with E-state index in [2.05, 4.69) is 19.1 Å². The van der Waals surface area contributed by atoms with Gasteiger partial charge in [-0.2, -0.15) is 8.78 Å². The Bertz CT molecular complexity index is 984. The van der Waals surface area contributed by atoms with Crippen molar-refractivity contribution >= 4 is 20.1 Å². The summed E-state index contributed by atoms with van der Waals surface area (Å²) < 4.78 is 42.8. The molecule has 136 valence electrons. The molecule has 0 saturated heterocycles. The molecule has 3 aromatic rings. The van der Waals surface area contributed by atoms with Crippen LogP contribution in [0.3, 0.4) is 0 Å². The van der Waals surface area contributed by atoms with Gasteiger partial charge in [0.1, 0.15) is 5.82 Å². The first-order valence-corrected chi connectivity index (χ1v) is 9.28. The van der Waals surface area contributed by atoms with Crippen LogP contribution in [0.1, 0.15) is 23.5 Å². The molecule has 0 spiro atoms. The molecule has 1 atom stereocenters. The van der Waals surface area contributed by atoms with E-state index in [1.165, 1.54) is 6.07 Å². The molecule has 0 N–H and O–H groups in total. The Kier molecular flexibility index (Phi) is 4.49. The van der Waals surface area contributed by atoms with Gasteiger partial charge in [-0.25, -0.2) is 4.39 Å². The van der Waals surface area contributed by atoms with E-state index in [-0.39, 0.29) is 5.82 Å². The lowest BCUT2D eigenvalue weighted by Crippen LogP contribution is -2.27. The topological polar surface area (TPSA) is 21.1 Å². The molecule has 0 amide bonds. The average Bonchev–Trinajstić information content (AvgIpc) is 2.94. The van der Waals surface area contributed by atoms with E-state index in [1.807, 2.05) is 19.2 Å². The van der Waals surface area contributed by atoms with Crippen molar-refractivity contribution in [1.82, 2.24) is 14.5 Å². The third-order valence-corrected chi connectivity index (χ3v) is 5.41. The summed E-state index contributed by atoms with van der Waals surface area (Å²) in [6.45, 7) is -1.19. The van der Waals surface area contributed by atoms with Crippen LogP contribution >= 0.6 is 9.24 Å². The predicted molar refractivity (Wildman–Crippen MR) is 99.8 cm³/mol. The average molecular weight is 377 g/mol. The van der Waals surface area contributed by atoms with Gasteiger partial charge in [-0.3, -0.25) is 9.55 Å². The molecule has 0 aliphatic carbocycles. The number of nitrogens with zero attached hydrogens (tertiary/aromatic N) is 3. The molecule has 1 aromatic carbocycles. The van der Waals surface area contributed by atoms with Crippen LogP contribution in [0, 0.1) is 5.82 Å². The second-order valence-electron chi connectivity index (χ2n) is 6.65. The fourth-order valence-corrected chi connectivity index (χ4v) is 4.00. The number of hydrogen-bond acceptors (Lipinski definition) is 2. The van der Waals surface area contributed by atoms with E-state index in [0.29, 0.717) is 47.2 Å². The third-order valence-electron chi connectivity index (χ3n) is 5.02. The first kappa shape index (κ1) is 17.5. The second kappa shape index (κ2) is 6.67. The lowest BCUT2D eigenvalue weighted by Gasteiger charge is -2.24. The van der Waals surface area contributed by atoms with E-state index in [4.69, 9.17) is 0 Å². The van der Waals surface area contributed by atoms with Crippen LogP contribution in [0.15, 0.2) is 30.5 Å². The quantitative estimate of drug-likeness (QED) is 0.622. The summed E-state index contributed by atoms with van der Waals surface area (Å²) in [5.41, 5.74) is 3.80. The van der Waals surface area contributed by atoms with Gasteiger partial charge in [-0.1, -0.05) is 12.1 Å². The summed E-state index contributed by atoms with van der Waals surface area (Å²) in [5, 5.41) is 0.839. The van der Waals surface area contributed by atoms with Crippen LogP contribution in [0.5, 0.6) is 0 Å². The summed E-state index contributed by atoms with van der Waals surface area (Å²) >= 11 is 0. The van der Waals surface area contributed by atoms with Gasteiger partial charge in [-0.05, 0) is 30.3 Å². The Morgan fingerprint density at radius 3 is 2.73 bits per heavy atom. The maximum absolute atomic E-state index is 14.1. The smallest absolute Gasteiger partial charge is 0.302 e. The van der Waals surface area contributed by atoms with Crippen molar-refractivity contribution < 1.29 is 13.2 Å². The van der Waals surface area contributed by atoms with Crippen molar-refractivity contribution in [2.75, 3.05) is 13.6 Å². The fourth-order valence-electron chi connectivity index (χ4n) is 3.70. The lowest BCUT2D eigenvalue weighted by molar-refractivity contribution is 0.0708. The highest BCUT2D eigenvalue weighted by Crippen LogP contribution is 2.36. The van der Waals surface area contributed by atoms with Gasteiger partial charge in [0, 0.05) is 48.5 Å². The Hall–Kier alpha value is -1.91. The van der Waals surface area contributed by atoms with Gasteiger partial charge in [0.15, 0.2) is 0 Å². The van der Waals surface area contributed by atoms with Gasteiger partial charge < -0.3 is 4.90 Å². The number of benzene rings is 1. The number of alkyl halides is 2. The van der Waals surface area contributed by atoms with Gasteiger partial charge >= 0.3 is 6.55 Å². The summed E-state index contributed by atoms with van der Waals surface area (Å²) in [5.74, 6) is -0.386. The van der Waals surface area contributed by atoms with Crippen LogP contribution < -0.4 is 0 Å². The first-order chi connectivity index (χ1) is 12.5. The summed E-state index contributed by atoms with van der Waals surface area (Å²) in [6.07, 6.45) is 2.62. The fraction of sp³-hybridized carbons (Fsp3) is 0.316. The van der Waals surface area contributed by atoms with E-state index in [0.717, 1.165) is 22.1 Å². The molecule has 3 heterocycles. The van der Waals surface area contributed by atoms with Crippen molar-refractivity contribution in [3.05, 3.63) is 53.2 Å². The Balaban J connectivity index is 1.90. The second-order valence-corrected chi connectivity index (χ2v) is 7.06. The van der Waals surface area contributed by atoms with Crippen molar-refractivity contribution in [2.45, 2.75) is 25.7 Å². The molecule has 1 aliphatic heterocycles. The maximum Gasteiger partial charge on any atom is 0.319 e. The number of fused-ring (bicyclic) bond motifs is 3. The van der Waals surface area contributed by atoms with Crippen molar-refractivity contribution in [3.63, 3.8) is 0 Å². The summed E-state index contributed by atoms with van der Waals surface area (Å²) in [4.78, 5) is 6.26. The number of halogens is 3. The summed E-state index contributed by atoms with van der Waals surface area (Å²) in [6, 6.07) is 6.85. The van der Waals surface area contributed by atoms with E-state index >= 15 is 0 Å². The molecular formula is C19H19F3N3P. The minimum atomic E-state index is -2.60. The lowest BCUT2D eigenvalue weighted by atomic mass is 10.0. The van der Waals surface area contributed by atoms with E-state index < -0.39 is 6.55 Å². The third kappa shape index (κ3) is 2.81. The molecular weight excluding hydrogens is 358 g/mol. The first-order valence-electron chi connectivity index (χ1n) is 8.47. The zero-order valence-corrected chi connectivity index (χ0v) is 15.5. The van der Waals surface area contributed by atoms with Crippen molar-refractivity contribution in [1.29, 1.82) is 0 Å². The molecule has 26 heavy (non-hydrogen) atoms.